The number of rotatable bonds is 9. The summed E-state index contributed by atoms with van der Waals surface area (Å²) in [4.78, 5) is 39.0. The molecule has 42 heavy (non-hydrogen) atoms. The molecule has 8 heteroatoms. The number of fused-ring (bicyclic) bond motifs is 2. The maximum atomic E-state index is 13.1. The maximum absolute atomic E-state index is 13.1. The Morgan fingerprint density at radius 1 is 0.690 bits per heavy atom. The molecular formula is C34H26O8. The van der Waals surface area contributed by atoms with E-state index in [4.69, 9.17) is 23.7 Å². The van der Waals surface area contributed by atoms with E-state index in [1.165, 1.54) is 18.2 Å². The maximum Gasteiger partial charge on any atom is 0.338 e. The lowest BCUT2D eigenvalue weighted by Gasteiger charge is -2.34. The van der Waals surface area contributed by atoms with Gasteiger partial charge >= 0.3 is 5.97 Å². The van der Waals surface area contributed by atoms with E-state index in [2.05, 4.69) is 0 Å². The van der Waals surface area contributed by atoms with E-state index >= 15 is 0 Å². The number of esters is 1. The van der Waals surface area contributed by atoms with E-state index in [-0.39, 0.29) is 48.4 Å². The van der Waals surface area contributed by atoms with Crippen LogP contribution in [0.3, 0.4) is 0 Å². The van der Waals surface area contributed by atoms with Gasteiger partial charge in [0.05, 0.1) is 5.56 Å². The van der Waals surface area contributed by atoms with E-state index in [1.54, 1.807) is 0 Å². The standard InChI is InChI=1S/C34H26O8/c35-30-26(38-19-22-10-4-1-5-11-22)18-29-33(31(30)36)42-28-17-25(34(37)40-21-24-14-8-3-9-15-24)16-27(32(28)41-29)39-20-23-12-6-2-7-13-23/h1-18,29,33H,19-21H2. The smallest absolute Gasteiger partial charge is 0.338 e. The lowest BCUT2D eigenvalue weighted by atomic mass is 9.96. The van der Waals surface area contributed by atoms with Crippen LogP contribution in [-0.4, -0.2) is 29.7 Å². The molecule has 2 atom stereocenters. The van der Waals surface area contributed by atoms with Crippen LogP contribution in [0.4, 0.5) is 0 Å². The zero-order chi connectivity index (χ0) is 28.9. The largest absolute Gasteiger partial charge is 0.485 e. The van der Waals surface area contributed by atoms with Gasteiger partial charge in [-0.05, 0) is 28.8 Å². The van der Waals surface area contributed by atoms with Gasteiger partial charge in [0.1, 0.15) is 19.8 Å². The summed E-state index contributed by atoms with van der Waals surface area (Å²) in [5.74, 6) is -1.81. The summed E-state index contributed by atoms with van der Waals surface area (Å²) < 4.78 is 29.5. The summed E-state index contributed by atoms with van der Waals surface area (Å²) in [7, 11) is 0. The number of Topliss-reactive ketones (excluding diaryl/α,β-unsaturated/α-hetero) is 2. The Labute approximate surface area is 242 Å². The van der Waals surface area contributed by atoms with Gasteiger partial charge in [-0.1, -0.05) is 91.0 Å². The Morgan fingerprint density at radius 2 is 1.26 bits per heavy atom. The second-order valence-corrected chi connectivity index (χ2v) is 9.76. The number of hydrogen-bond acceptors (Lipinski definition) is 8. The van der Waals surface area contributed by atoms with Crippen LogP contribution in [-0.2, 0) is 38.9 Å². The van der Waals surface area contributed by atoms with Crippen molar-refractivity contribution in [1.29, 1.82) is 0 Å². The van der Waals surface area contributed by atoms with Gasteiger partial charge in [-0.2, -0.15) is 0 Å². The predicted octanol–water partition coefficient (Wildman–Crippen LogP) is 5.38. The molecule has 0 saturated carbocycles. The van der Waals surface area contributed by atoms with Crippen LogP contribution in [0.2, 0.25) is 0 Å². The first-order valence-corrected chi connectivity index (χ1v) is 13.4. The minimum Gasteiger partial charge on any atom is -0.485 e. The second kappa shape index (κ2) is 12.0. The summed E-state index contributed by atoms with van der Waals surface area (Å²) >= 11 is 0. The average molecular weight is 563 g/mol. The van der Waals surface area contributed by atoms with Crippen LogP contribution < -0.4 is 14.2 Å². The van der Waals surface area contributed by atoms with Crippen LogP contribution in [0.25, 0.3) is 0 Å². The van der Waals surface area contributed by atoms with Gasteiger partial charge in [-0.25, -0.2) is 4.79 Å². The van der Waals surface area contributed by atoms with E-state index in [0.717, 1.165) is 16.7 Å². The number of carbonyl (C=O) groups is 3. The molecule has 0 aromatic heterocycles. The lowest BCUT2D eigenvalue weighted by Crippen LogP contribution is -2.51. The van der Waals surface area contributed by atoms with E-state index in [1.807, 2.05) is 91.0 Å². The Kier molecular flexibility index (Phi) is 7.68. The van der Waals surface area contributed by atoms with Crippen molar-refractivity contribution in [3.63, 3.8) is 0 Å². The highest BCUT2D eigenvalue weighted by Crippen LogP contribution is 2.45. The first-order chi connectivity index (χ1) is 20.5. The Morgan fingerprint density at radius 3 is 1.88 bits per heavy atom. The van der Waals surface area contributed by atoms with E-state index in [9.17, 15) is 14.4 Å². The molecule has 1 aliphatic heterocycles. The zero-order valence-electron chi connectivity index (χ0n) is 22.4. The minimum atomic E-state index is -1.24. The van der Waals surface area contributed by atoms with Gasteiger partial charge in [-0.3, -0.25) is 9.59 Å². The van der Waals surface area contributed by atoms with E-state index in [0.29, 0.717) is 0 Å². The summed E-state index contributed by atoms with van der Waals surface area (Å²) in [5, 5.41) is 0. The summed E-state index contributed by atoms with van der Waals surface area (Å²) in [6.45, 7) is 0.370. The van der Waals surface area contributed by atoms with Crippen molar-refractivity contribution in [3.05, 3.63) is 137 Å². The molecule has 6 rings (SSSR count). The third-order valence-corrected chi connectivity index (χ3v) is 6.77. The van der Waals surface area contributed by atoms with Gasteiger partial charge in [0.15, 0.2) is 23.4 Å². The molecule has 2 unspecified atom stereocenters. The van der Waals surface area contributed by atoms with Crippen molar-refractivity contribution in [3.8, 4) is 17.2 Å². The van der Waals surface area contributed by atoms with Crippen LogP contribution in [0.15, 0.2) is 115 Å². The fraction of sp³-hybridized carbons (Fsp3) is 0.147. The van der Waals surface area contributed by atoms with Gasteiger partial charge in [0.25, 0.3) is 11.6 Å². The highest BCUT2D eigenvalue weighted by atomic mass is 16.6. The van der Waals surface area contributed by atoms with Crippen LogP contribution in [0.1, 0.15) is 27.0 Å². The summed E-state index contributed by atoms with van der Waals surface area (Å²) in [5.41, 5.74) is 2.71. The van der Waals surface area contributed by atoms with Gasteiger partial charge < -0.3 is 23.7 Å². The van der Waals surface area contributed by atoms with Gasteiger partial charge in [-0.15, -0.1) is 0 Å². The fourth-order valence-corrected chi connectivity index (χ4v) is 4.60. The highest BCUT2D eigenvalue weighted by molar-refractivity contribution is 6.45. The number of ether oxygens (including phenoxy) is 5. The molecule has 2 aliphatic rings. The fourth-order valence-electron chi connectivity index (χ4n) is 4.60. The van der Waals surface area contributed by atoms with Gasteiger partial charge in [0.2, 0.25) is 11.9 Å². The number of benzene rings is 4. The molecular weight excluding hydrogens is 536 g/mol. The molecule has 0 radical (unpaired) electrons. The molecule has 210 valence electrons. The number of ketones is 2. The molecule has 0 fully saturated rings. The number of hydrogen-bond donors (Lipinski definition) is 0. The lowest BCUT2D eigenvalue weighted by molar-refractivity contribution is -0.145. The quantitative estimate of drug-likeness (QED) is 0.198. The monoisotopic (exact) mass is 562 g/mol. The Balaban J connectivity index is 1.27. The van der Waals surface area contributed by atoms with Crippen LogP contribution >= 0.6 is 0 Å². The van der Waals surface area contributed by atoms with Crippen LogP contribution in [0, 0.1) is 0 Å². The zero-order valence-corrected chi connectivity index (χ0v) is 22.4. The van der Waals surface area contributed by atoms with Crippen molar-refractivity contribution in [1.82, 2.24) is 0 Å². The SMILES string of the molecule is O=C1C(=O)C2Oc3cc(C(=O)OCc4ccccc4)cc(OCc4ccccc4)c3OC2C=C1OCc1ccccc1. The number of allylic oxidation sites excluding steroid dienone is 1. The van der Waals surface area contributed by atoms with Crippen molar-refractivity contribution >= 4 is 17.5 Å². The van der Waals surface area contributed by atoms with Gasteiger partial charge in [0, 0.05) is 6.08 Å². The first-order valence-electron chi connectivity index (χ1n) is 13.4. The molecule has 0 saturated heterocycles. The molecule has 1 aliphatic carbocycles. The van der Waals surface area contributed by atoms with Crippen molar-refractivity contribution in [2.45, 2.75) is 32.0 Å². The highest BCUT2D eigenvalue weighted by Gasteiger charge is 2.46. The molecule has 1 heterocycles. The molecule has 4 aromatic rings. The van der Waals surface area contributed by atoms with Crippen molar-refractivity contribution in [2.75, 3.05) is 0 Å². The molecule has 0 bridgehead atoms. The topological polar surface area (TPSA) is 97.4 Å². The predicted molar refractivity (Wildman–Crippen MR) is 151 cm³/mol. The van der Waals surface area contributed by atoms with Crippen molar-refractivity contribution in [2.24, 2.45) is 0 Å². The second-order valence-electron chi connectivity index (χ2n) is 9.76. The normalized spacial score (nSPS) is 17.1. The molecule has 0 amide bonds. The van der Waals surface area contributed by atoms with E-state index < -0.39 is 29.7 Å². The summed E-state index contributed by atoms with van der Waals surface area (Å²) in [6.07, 6.45) is -0.737. The molecule has 8 nitrogen and oxygen atoms in total. The summed E-state index contributed by atoms with van der Waals surface area (Å²) in [6, 6.07) is 31.0. The molecule has 4 aromatic carbocycles. The molecule has 0 spiro atoms. The van der Waals surface area contributed by atoms with Crippen molar-refractivity contribution < 1.29 is 38.1 Å². The Hall–Kier alpha value is -5.37. The molecule has 0 N–H and O–H groups in total. The number of carbonyl (C=O) groups excluding carboxylic acids is 3. The Bertz CT molecular complexity index is 1630. The third kappa shape index (κ3) is 5.88. The average Bonchev–Trinajstić information content (AvgIpc) is 3.04. The van der Waals surface area contributed by atoms with Crippen LogP contribution in [0.5, 0.6) is 17.2 Å². The third-order valence-electron chi connectivity index (χ3n) is 6.77. The minimum absolute atomic E-state index is 0.0720. The first kappa shape index (κ1) is 26.8.